The van der Waals surface area contributed by atoms with Gasteiger partial charge in [0.15, 0.2) is 0 Å². The third-order valence-corrected chi connectivity index (χ3v) is 3.91. The van der Waals surface area contributed by atoms with Crippen molar-refractivity contribution in [3.8, 4) is 11.5 Å². The fourth-order valence-corrected chi connectivity index (χ4v) is 2.55. The topological polar surface area (TPSA) is 85.0 Å². The zero-order valence-electron chi connectivity index (χ0n) is 12.8. The molecule has 1 fully saturated rings. The molecule has 0 bridgehead atoms. The summed E-state index contributed by atoms with van der Waals surface area (Å²) < 4.78 is 31.8. The number of halogens is 2. The van der Waals surface area contributed by atoms with Crippen LogP contribution in [-0.4, -0.2) is 44.0 Å². The van der Waals surface area contributed by atoms with Gasteiger partial charge in [-0.05, 0) is 12.1 Å². The Balaban J connectivity index is 1.44. The molecule has 3 heterocycles. The van der Waals surface area contributed by atoms with Gasteiger partial charge in [0.05, 0.1) is 17.7 Å². The minimum Gasteiger partial charge on any atom is -0.338 e. The van der Waals surface area contributed by atoms with E-state index in [9.17, 15) is 13.6 Å². The first kappa shape index (κ1) is 15.3. The van der Waals surface area contributed by atoms with E-state index < -0.39 is 17.5 Å². The van der Waals surface area contributed by atoms with Crippen molar-refractivity contribution in [1.82, 2.24) is 25.0 Å². The normalized spacial score (nSPS) is 14.4. The molecule has 1 aliphatic heterocycles. The van der Waals surface area contributed by atoms with Crippen LogP contribution in [0.1, 0.15) is 22.2 Å². The smallest absolute Gasteiger partial charge is 0.256 e. The summed E-state index contributed by atoms with van der Waals surface area (Å²) in [5.74, 6) is -1.54. The Morgan fingerprint density at radius 1 is 1.24 bits per heavy atom. The Morgan fingerprint density at radius 2 is 2.08 bits per heavy atom. The Bertz CT molecular complexity index is 925. The molecule has 9 heteroatoms. The van der Waals surface area contributed by atoms with E-state index >= 15 is 0 Å². The summed E-state index contributed by atoms with van der Waals surface area (Å²) >= 11 is 0. The number of nitrogens with zero attached hydrogens (tertiary/aromatic N) is 5. The van der Waals surface area contributed by atoms with Crippen LogP contribution in [-0.2, 0) is 0 Å². The summed E-state index contributed by atoms with van der Waals surface area (Å²) in [4.78, 5) is 25.9. The van der Waals surface area contributed by atoms with Crippen molar-refractivity contribution >= 4 is 5.91 Å². The van der Waals surface area contributed by atoms with Crippen molar-refractivity contribution in [2.75, 3.05) is 13.1 Å². The number of likely N-dealkylation sites (tertiary alicyclic amines) is 1. The molecule has 7 nitrogen and oxygen atoms in total. The minimum absolute atomic E-state index is 0.134. The van der Waals surface area contributed by atoms with E-state index in [1.165, 1.54) is 23.5 Å². The molecule has 25 heavy (non-hydrogen) atoms. The first-order valence-corrected chi connectivity index (χ1v) is 7.46. The van der Waals surface area contributed by atoms with Gasteiger partial charge in [-0.1, -0.05) is 5.16 Å². The van der Waals surface area contributed by atoms with Gasteiger partial charge in [0, 0.05) is 31.5 Å². The van der Waals surface area contributed by atoms with Crippen LogP contribution in [0.3, 0.4) is 0 Å². The summed E-state index contributed by atoms with van der Waals surface area (Å²) in [6, 6.07) is 2.88. The number of amides is 1. The van der Waals surface area contributed by atoms with Crippen LogP contribution in [0.25, 0.3) is 11.5 Å². The van der Waals surface area contributed by atoms with Gasteiger partial charge >= 0.3 is 0 Å². The SMILES string of the molecule is O=C(c1ccc(F)cc1F)N1CC(c2nc(-c3cnccn3)no2)C1. The molecule has 4 rings (SSSR count). The van der Waals surface area contributed by atoms with E-state index in [0.29, 0.717) is 36.6 Å². The molecule has 1 amide bonds. The highest BCUT2D eigenvalue weighted by Gasteiger charge is 2.37. The lowest BCUT2D eigenvalue weighted by Gasteiger charge is -2.37. The fraction of sp³-hybridized carbons (Fsp3) is 0.188. The quantitative estimate of drug-likeness (QED) is 0.723. The van der Waals surface area contributed by atoms with Gasteiger partial charge in [-0.2, -0.15) is 4.98 Å². The van der Waals surface area contributed by atoms with Crippen LogP contribution in [0.15, 0.2) is 41.3 Å². The summed E-state index contributed by atoms with van der Waals surface area (Å²) in [7, 11) is 0. The van der Waals surface area contributed by atoms with Crippen LogP contribution >= 0.6 is 0 Å². The number of hydrogen-bond acceptors (Lipinski definition) is 6. The lowest BCUT2D eigenvalue weighted by molar-refractivity contribution is 0.0564. The number of rotatable bonds is 3. The summed E-state index contributed by atoms with van der Waals surface area (Å²) in [6.45, 7) is 0.634. The highest BCUT2D eigenvalue weighted by molar-refractivity contribution is 5.95. The summed E-state index contributed by atoms with van der Waals surface area (Å²) in [6.07, 6.45) is 4.57. The molecule has 1 saturated heterocycles. The van der Waals surface area contributed by atoms with E-state index in [4.69, 9.17) is 4.52 Å². The number of hydrogen-bond donors (Lipinski definition) is 0. The first-order chi connectivity index (χ1) is 12.1. The molecular weight excluding hydrogens is 332 g/mol. The number of carbonyl (C=O) groups excluding carboxylic acids is 1. The predicted octanol–water partition coefficient (Wildman–Crippen LogP) is 2.04. The van der Waals surface area contributed by atoms with Gasteiger partial charge in [-0.3, -0.25) is 9.78 Å². The van der Waals surface area contributed by atoms with Crippen molar-refractivity contribution in [3.63, 3.8) is 0 Å². The highest BCUT2D eigenvalue weighted by atomic mass is 19.1. The maximum atomic E-state index is 13.7. The van der Waals surface area contributed by atoms with Crippen LogP contribution in [0.5, 0.6) is 0 Å². The molecule has 1 aliphatic rings. The number of benzene rings is 1. The zero-order chi connectivity index (χ0) is 17.4. The monoisotopic (exact) mass is 343 g/mol. The molecule has 126 valence electrons. The average Bonchev–Trinajstić information content (AvgIpc) is 3.04. The largest absolute Gasteiger partial charge is 0.338 e. The fourth-order valence-electron chi connectivity index (χ4n) is 2.55. The van der Waals surface area contributed by atoms with Crippen molar-refractivity contribution in [2.24, 2.45) is 0 Å². The molecule has 0 aliphatic carbocycles. The predicted molar refractivity (Wildman–Crippen MR) is 80.3 cm³/mol. The second-order valence-corrected chi connectivity index (χ2v) is 5.58. The molecule has 1 aromatic carbocycles. The Hall–Kier alpha value is -3.23. The first-order valence-electron chi connectivity index (χ1n) is 7.46. The van der Waals surface area contributed by atoms with Crippen LogP contribution in [0.4, 0.5) is 8.78 Å². The average molecular weight is 343 g/mol. The van der Waals surface area contributed by atoms with E-state index in [1.807, 2.05) is 0 Å². The van der Waals surface area contributed by atoms with Gasteiger partial charge in [0.2, 0.25) is 11.7 Å². The Morgan fingerprint density at radius 3 is 2.80 bits per heavy atom. The minimum atomic E-state index is -0.879. The zero-order valence-corrected chi connectivity index (χ0v) is 12.8. The van der Waals surface area contributed by atoms with Crippen molar-refractivity contribution < 1.29 is 18.1 Å². The molecule has 0 saturated carbocycles. The molecule has 2 aromatic heterocycles. The molecule has 0 atom stereocenters. The maximum Gasteiger partial charge on any atom is 0.256 e. The van der Waals surface area contributed by atoms with Gasteiger partial charge in [0.25, 0.3) is 5.91 Å². The lowest BCUT2D eigenvalue weighted by atomic mass is 9.98. The van der Waals surface area contributed by atoms with E-state index in [1.54, 1.807) is 0 Å². The van der Waals surface area contributed by atoms with Gasteiger partial charge in [-0.15, -0.1) is 0 Å². The van der Waals surface area contributed by atoms with Crippen molar-refractivity contribution in [1.29, 1.82) is 0 Å². The molecule has 0 unspecified atom stereocenters. The third-order valence-electron chi connectivity index (χ3n) is 3.91. The van der Waals surface area contributed by atoms with Gasteiger partial charge in [-0.25, -0.2) is 13.8 Å². The van der Waals surface area contributed by atoms with Crippen LogP contribution in [0.2, 0.25) is 0 Å². The maximum absolute atomic E-state index is 13.7. The Kier molecular flexibility index (Phi) is 3.68. The van der Waals surface area contributed by atoms with E-state index in [2.05, 4.69) is 20.1 Å². The molecule has 3 aromatic rings. The molecule has 0 radical (unpaired) electrons. The number of carbonyl (C=O) groups is 1. The van der Waals surface area contributed by atoms with E-state index in [-0.39, 0.29) is 11.5 Å². The van der Waals surface area contributed by atoms with Gasteiger partial charge in [0.1, 0.15) is 17.3 Å². The summed E-state index contributed by atoms with van der Waals surface area (Å²) in [5, 5.41) is 3.85. The molecule has 0 N–H and O–H groups in total. The van der Waals surface area contributed by atoms with Crippen molar-refractivity contribution in [2.45, 2.75) is 5.92 Å². The van der Waals surface area contributed by atoms with E-state index in [0.717, 1.165) is 12.1 Å². The third kappa shape index (κ3) is 2.84. The lowest BCUT2D eigenvalue weighted by Crippen LogP contribution is -2.48. The van der Waals surface area contributed by atoms with Gasteiger partial charge < -0.3 is 9.42 Å². The molecule has 0 spiro atoms. The van der Waals surface area contributed by atoms with Crippen LogP contribution in [0, 0.1) is 11.6 Å². The molecular formula is C16H11F2N5O2. The Labute approximate surface area is 140 Å². The van der Waals surface area contributed by atoms with Crippen LogP contribution < -0.4 is 0 Å². The van der Waals surface area contributed by atoms with Crippen molar-refractivity contribution in [3.05, 3.63) is 59.9 Å². The second-order valence-electron chi connectivity index (χ2n) is 5.58. The second kappa shape index (κ2) is 6.00. The number of aromatic nitrogens is 4. The summed E-state index contributed by atoms with van der Waals surface area (Å²) in [5.41, 5.74) is 0.323. The highest BCUT2D eigenvalue weighted by Crippen LogP contribution is 2.28. The standard InChI is InChI=1S/C16H11F2N5O2/c17-10-1-2-11(12(18)5-10)16(24)23-7-9(8-23)15-21-14(22-25-15)13-6-19-3-4-20-13/h1-6,9H,7-8H2.